The summed E-state index contributed by atoms with van der Waals surface area (Å²) in [6.45, 7) is 1.47. The van der Waals surface area contributed by atoms with Gasteiger partial charge in [0.05, 0.1) is 6.61 Å². The Hall–Kier alpha value is -1.88. The predicted octanol–water partition coefficient (Wildman–Crippen LogP) is 2.31. The molecule has 2 aromatic rings. The van der Waals surface area contributed by atoms with E-state index in [1.807, 2.05) is 43.3 Å². The number of hydrogen-bond acceptors (Lipinski definition) is 5. The summed E-state index contributed by atoms with van der Waals surface area (Å²) >= 11 is 0. The fraction of sp³-hybridized carbons (Fsp3) is 0.429. The van der Waals surface area contributed by atoms with E-state index < -0.39 is 0 Å². The van der Waals surface area contributed by atoms with Crippen LogP contribution in [0.3, 0.4) is 0 Å². The minimum absolute atomic E-state index is 0.273. The van der Waals surface area contributed by atoms with Crippen molar-refractivity contribution in [3.05, 3.63) is 30.1 Å². The van der Waals surface area contributed by atoms with Crippen LogP contribution in [0.4, 0.5) is 5.69 Å². The van der Waals surface area contributed by atoms with Gasteiger partial charge in [0.15, 0.2) is 5.82 Å². The molecule has 1 aliphatic rings. The van der Waals surface area contributed by atoms with Crippen LogP contribution < -0.4 is 4.90 Å². The van der Waals surface area contributed by atoms with Crippen molar-refractivity contribution in [2.45, 2.75) is 12.3 Å². The van der Waals surface area contributed by atoms with E-state index in [1.165, 1.54) is 0 Å². The van der Waals surface area contributed by atoms with E-state index in [0.717, 1.165) is 30.1 Å². The Morgan fingerprint density at radius 2 is 2.21 bits per heavy atom. The van der Waals surface area contributed by atoms with E-state index in [4.69, 9.17) is 9.26 Å². The van der Waals surface area contributed by atoms with Crippen molar-refractivity contribution in [2.24, 2.45) is 0 Å². The molecule has 2 heterocycles. The van der Waals surface area contributed by atoms with E-state index in [1.54, 1.807) is 0 Å². The third-order valence-corrected chi connectivity index (χ3v) is 3.35. The maximum absolute atomic E-state index is 5.36. The lowest BCUT2D eigenvalue weighted by atomic mass is 10.1. The zero-order valence-electron chi connectivity index (χ0n) is 11.2. The first-order chi connectivity index (χ1) is 9.24. The Kier molecular flexibility index (Phi) is 3.21. The van der Waals surface area contributed by atoms with Gasteiger partial charge in [0.2, 0.25) is 0 Å². The molecular formula is C14H17N3O2. The summed E-state index contributed by atoms with van der Waals surface area (Å²) in [5.74, 6) is 1.60. The van der Waals surface area contributed by atoms with Crippen molar-refractivity contribution in [1.82, 2.24) is 10.1 Å². The van der Waals surface area contributed by atoms with Crippen LogP contribution in [0.2, 0.25) is 0 Å². The van der Waals surface area contributed by atoms with E-state index in [2.05, 4.69) is 10.1 Å². The zero-order chi connectivity index (χ0) is 13.2. The molecule has 0 saturated carbocycles. The quantitative estimate of drug-likeness (QED) is 0.846. The van der Waals surface area contributed by atoms with Crippen molar-refractivity contribution in [1.29, 1.82) is 0 Å². The minimum Gasteiger partial charge on any atom is -0.381 e. The Balaban J connectivity index is 1.87. The molecule has 3 rings (SSSR count). The molecule has 5 heteroatoms. The van der Waals surface area contributed by atoms with Gasteiger partial charge in [-0.05, 0) is 24.6 Å². The van der Waals surface area contributed by atoms with E-state index in [0.29, 0.717) is 12.5 Å². The highest BCUT2D eigenvalue weighted by molar-refractivity contribution is 5.61. The number of anilines is 1. The minimum atomic E-state index is 0.273. The third kappa shape index (κ3) is 2.46. The van der Waals surface area contributed by atoms with Crippen LogP contribution in [0.15, 0.2) is 28.8 Å². The number of hydrogen-bond donors (Lipinski definition) is 0. The smallest absolute Gasteiger partial charge is 0.258 e. The second kappa shape index (κ2) is 5.01. The summed E-state index contributed by atoms with van der Waals surface area (Å²) in [6.07, 6.45) is 0.969. The van der Waals surface area contributed by atoms with Crippen LogP contribution in [-0.4, -0.2) is 37.4 Å². The lowest BCUT2D eigenvalue weighted by Gasteiger charge is -2.12. The van der Waals surface area contributed by atoms with Crippen LogP contribution in [-0.2, 0) is 4.74 Å². The van der Waals surface area contributed by atoms with Gasteiger partial charge in [0.1, 0.15) is 0 Å². The largest absolute Gasteiger partial charge is 0.381 e. The molecule has 1 fully saturated rings. The Labute approximate surface area is 112 Å². The molecule has 1 aromatic carbocycles. The number of ether oxygens (including phenoxy) is 1. The van der Waals surface area contributed by atoms with Crippen molar-refractivity contribution < 1.29 is 9.26 Å². The molecule has 0 spiro atoms. The molecule has 1 atom stereocenters. The molecule has 0 amide bonds. The highest BCUT2D eigenvalue weighted by Gasteiger charge is 2.23. The van der Waals surface area contributed by atoms with Crippen LogP contribution in [0, 0.1) is 0 Å². The number of benzene rings is 1. The number of aromatic nitrogens is 2. The van der Waals surface area contributed by atoms with Gasteiger partial charge in [-0.1, -0.05) is 11.2 Å². The van der Waals surface area contributed by atoms with Crippen LogP contribution >= 0.6 is 0 Å². The lowest BCUT2D eigenvalue weighted by Crippen LogP contribution is -2.08. The average Bonchev–Trinajstić information content (AvgIpc) is 3.09. The monoisotopic (exact) mass is 259 g/mol. The maximum Gasteiger partial charge on any atom is 0.258 e. The highest BCUT2D eigenvalue weighted by Crippen LogP contribution is 2.27. The zero-order valence-corrected chi connectivity index (χ0v) is 11.2. The molecule has 0 N–H and O–H groups in total. The number of rotatable bonds is 3. The second-order valence-corrected chi connectivity index (χ2v) is 4.96. The van der Waals surface area contributed by atoms with Crippen LogP contribution in [0.5, 0.6) is 0 Å². The molecule has 0 aliphatic carbocycles. The van der Waals surface area contributed by atoms with Gasteiger partial charge in [-0.2, -0.15) is 4.98 Å². The molecular weight excluding hydrogens is 242 g/mol. The summed E-state index contributed by atoms with van der Waals surface area (Å²) in [5.41, 5.74) is 2.06. The fourth-order valence-electron chi connectivity index (χ4n) is 2.17. The second-order valence-electron chi connectivity index (χ2n) is 4.96. The standard InChI is InChI=1S/C14H17N3O2/c1-17(2)12-5-3-4-10(8-12)14-15-13(16-19-14)11-6-7-18-9-11/h3-5,8,11H,6-7,9H2,1-2H3. The Morgan fingerprint density at radius 1 is 1.32 bits per heavy atom. The summed E-state index contributed by atoms with van der Waals surface area (Å²) in [4.78, 5) is 6.53. The average molecular weight is 259 g/mol. The summed E-state index contributed by atoms with van der Waals surface area (Å²) in [5, 5.41) is 4.07. The summed E-state index contributed by atoms with van der Waals surface area (Å²) in [7, 11) is 4.02. The van der Waals surface area contributed by atoms with Gasteiger partial charge < -0.3 is 14.2 Å². The van der Waals surface area contributed by atoms with Crippen LogP contribution in [0.1, 0.15) is 18.2 Å². The molecule has 100 valence electrons. The summed E-state index contributed by atoms with van der Waals surface area (Å²) < 4.78 is 10.7. The Bertz CT molecular complexity index is 559. The van der Waals surface area contributed by atoms with Gasteiger partial charge in [-0.25, -0.2) is 0 Å². The van der Waals surface area contributed by atoms with Gasteiger partial charge in [-0.15, -0.1) is 0 Å². The molecule has 5 nitrogen and oxygen atoms in total. The van der Waals surface area contributed by atoms with Gasteiger partial charge in [-0.3, -0.25) is 0 Å². The lowest BCUT2D eigenvalue weighted by molar-refractivity contribution is 0.192. The first kappa shape index (κ1) is 12.2. The van der Waals surface area contributed by atoms with Gasteiger partial charge >= 0.3 is 0 Å². The van der Waals surface area contributed by atoms with E-state index in [9.17, 15) is 0 Å². The van der Waals surface area contributed by atoms with Crippen molar-refractivity contribution in [3.8, 4) is 11.5 Å². The molecule has 19 heavy (non-hydrogen) atoms. The van der Waals surface area contributed by atoms with Gasteiger partial charge in [0, 0.05) is 37.9 Å². The molecule has 1 aromatic heterocycles. The molecule has 0 bridgehead atoms. The maximum atomic E-state index is 5.36. The molecule has 0 radical (unpaired) electrons. The van der Waals surface area contributed by atoms with E-state index in [-0.39, 0.29) is 5.92 Å². The molecule has 1 saturated heterocycles. The SMILES string of the molecule is CN(C)c1cccc(-c2nc(C3CCOC3)no2)c1. The molecule has 1 unspecified atom stereocenters. The highest BCUT2D eigenvalue weighted by atomic mass is 16.5. The van der Waals surface area contributed by atoms with Crippen molar-refractivity contribution >= 4 is 5.69 Å². The Morgan fingerprint density at radius 3 is 2.95 bits per heavy atom. The van der Waals surface area contributed by atoms with Gasteiger partial charge in [0.25, 0.3) is 5.89 Å². The first-order valence-corrected chi connectivity index (χ1v) is 6.43. The van der Waals surface area contributed by atoms with Crippen molar-refractivity contribution in [2.75, 3.05) is 32.2 Å². The summed E-state index contributed by atoms with van der Waals surface area (Å²) in [6, 6.07) is 8.07. The fourth-order valence-corrected chi connectivity index (χ4v) is 2.17. The predicted molar refractivity (Wildman–Crippen MR) is 72.2 cm³/mol. The first-order valence-electron chi connectivity index (χ1n) is 6.43. The van der Waals surface area contributed by atoms with Crippen molar-refractivity contribution in [3.63, 3.8) is 0 Å². The van der Waals surface area contributed by atoms with Crippen LogP contribution in [0.25, 0.3) is 11.5 Å². The molecule has 1 aliphatic heterocycles. The topological polar surface area (TPSA) is 51.4 Å². The van der Waals surface area contributed by atoms with E-state index >= 15 is 0 Å². The number of nitrogens with zero attached hydrogens (tertiary/aromatic N) is 3. The third-order valence-electron chi connectivity index (χ3n) is 3.35. The normalized spacial score (nSPS) is 18.7.